The number of benzene rings is 3. The summed E-state index contributed by atoms with van der Waals surface area (Å²) in [5.41, 5.74) is 3.39. The molecule has 144 valence electrons. The summed E-state index contributed by atoms with van der Waals surface area (Å²) in [6.07, 6.45) is 0. The minimum Gasteiger partial charge on any atom is -0.315 e. The first-order valence-electron chi connectivity index (χ1n) is 9.28. The highest BCUT2D eigenvalue weighted by molar-refractivity contribution is 8.04. The molecular formula is C24H25NOS2. The fraction of sp³-hybridized carbons (Fsp3) is 0.208. The number of para-hydroxylation sites is 1. The highest BCUT2D eigenvalue weighted by Crippen LogP contribution is 2.31. The molecular weight excluding hydrogens is 382 g/mol. The summed E-state index contributed by atoms with van der Waals surface area (Å²) < 4.78 is 0. The number of anilines is 1. The second-order valence-corrected chi connectivity index (χ2v) is 9.15. The zero-order valence-corrected chi connectivity index (χ0v) is 18.1. The van der Waals surface area contributed by atoms with Gasteiger partial charge in [-0.15, -0.1) is 23.5 Å². The fourth-order valence-electron chi connectivity index (χ4n) is 2.74. The third-order valence-corrected chi connectivity index (χ3v) is 6.98. The maximum atomic E-state index is 13.3. The second-order valence-electron chi connectivity index (χ2n) is 6.78. The van der Waals surface area contributed by atoms with E-state index in [9.17, 15) is 4.79 Å². The van der Waals surface area contributed by atoms with Crippen LogP contribution in [0.4, 0.5) is 5.69 Å². The molecule has 0 saturated heterocycles. The van der Waals surface area contributed by atoms with Crippen molar-refractivity contribution in [3.63, 3.8) is 0 Å². The van der Waals surface area contributed by atoms with E-state index in [1.807, 2.05) is 37.4 Å². The van der Waals surface area contributed by atoms with Crippen molar-refractivity contribution in [2.45, 2.75) is 28.9 Å². The molecule has 1 amide bonds. The number of hydrogen-bond donors (Lipinski definition) is 0. The number of carbonyl (C=O) groups is 1. The molecule has 0 radical (unpaired) electrons. The number of rotatable bonds is 7. The molecule has 0 N–H and O–H groups in total. The quantitative estimate of drug-likeness (QED) is 0.434. The van der Waals surface area contributed by atoms with Gasteiger partial charge in [-0.05, 0) is 50.2 Å². The highest BCUT2D eigenvalue weighted by Gasteiger charge is 2.24. The van der Waals surface area contributed by atoms with Crippen LogP contribution in [0.3, 0.4) is 0 Å². The molecule has 1 unspecified atom stereocenters. The predicted molar refractivity (Wildman–Crippen MR) is 123 cm³/mol. The SMILES string of the molecule is Cc1ccc(SCC(Sc2ccc(C)cc2)C(=O)N(C)c2ccccc2)cc1. The van der Waals surface area contributed by atoms with Crippen LogP contribution >= 0.6 is 23.5 Å². The van der Waals surface area contributed by atoms with E-state index in [1.165, 1.54) is 16.0 Å². The van der Waals surface area contributed by atoms with Crippen LogP contribution in [-0.2, 0) is 4.79 Å². The number of aryl methyl sites for hydroxylation is 2. The Morgan fingerprint density at radius 3 is 1.93 bits per heavy atom. The zero-order valence-electron chi connectivity index (χ0n) is 16.5. The highest BCUT2D eigenvalue weighted by atomic mass is 32.2. The largest absolute Gasteiger partial charge is 0.315 e. The van der Waals surface area contributed by atoms with Crippen molar-refractivity contribution >= 4 is 35.1 Å². The van der Waals surface area contributed by atoms with E-state index in [0.717, 1.165) is 16.3 Å². The number of carbonyl (C=O) groups excluding carboxylic acids is 1. The third kappa shape index (κ3) is 5.66. The lowest BCUT2D eigenvalue weighted by Crippen LogP contribution is -2.36. The summed E-state index contributed by atoms with van der Waals surface area (Å²) in [6.45, 7) is 4.16. The van der Waals surface area contributed by atoms with Crippen LogP contribution in [0.25, 0.3) is 0 Å². The monoisotopic (exact) mass is 407 g/mol. The molecule has 0 aliphatic heterocycles. The molecule has 0 saturated carbocycles. The Balaban J connectivity index is 1.77. The van der Waals surface area contributed by atoms with E-state index >= 15 is 0 Å². The summed E-state index contributed by atoms with van der Waals surface area (Å²) in [6, 6.07) is 26.7. The first kappa shape index (κ1) is 20.6. The van der Waals surface area contributed by atoms with Gasteiger partial charge in [-0.2, -0.15) is 0 Å². The molecule has 28 heavy (non-hydrogen) atoms. The normalized spacial score (nSPS) is 11.8. The zero-order chi connectivity index (χ0) is 19.9. The third-order valence-electron chi connectivity index (χ3n) is 4.47. The summed E-state index contributed by atoms with van der Waals surface area (Å²) in [4.78, 5) is 17.4. The molecule has 4 heteroatoms. The average Bonchev–Trinajstić information content (AvgIpc) is 2.73. The molecule has 2 nitrogen and oxygen atoms in total. The first-order valence-corrected chi connectivity index (χ1v) is 11.1. The van der Waals surface area contributed by atoms with Gasteiger partial charge in [0.2, 0.25) is 5.91 Å². The van der Waals surface area contributed by atoms with Crippen molar-refractivity contribution in [3.8, 4) is 0 Å². The molecule has 0 aliphatic rings. The van der Waals surface area contributed by atoms with Gasteiger partial charge in [0.05, 0.1) is 5.25 Å². The molecule has 0 bridgehead atoms. The van der Waals surface area contributed by atoms with E-state index < -0.39 is 0 Å². The lowest BCUT2D eigenvalue weighted by Gasteiger charge is -2.23. The van der Waals surface area contributed by atoms with Crippen molar-refractivity contribution in [2.24, 2.45) is 0 Å². The topological polar surface area (TPSA) is 20.3 Å². The standard InChI is InChI=1S/C24H25NOS2/c1-18-9-13-21(14-10-18)27-17-23(28-22-15-11-19(2)12-16-22)24(26)25(3)20-7-5-4-6-8-20/h4-16,23H,17H2,1-3H3. The van der Waals surface area contributed by atoms with Gasteiger partial charge in [0.15, 0.2) is 0 Å². The molecule has 1 atom stereocenters. The van der Waals surface area contributed by atoms with Crippen molar-refractivity contribution in [1.29, 1.82) is 0 Å². The van der Waals surface area contributed by atoms with E-state index in [1.54, 1.807) is 28.4 Å². The summed E-state index contributed by atoms with van der Waals surface area (Å²) in [7, 11) is 1.86. The minimum atomic E-state index is -0.167. The van der Waals surface area contributed by atoms with E-state index in [-0.39, 0.29) is 11.2 Å². The summed E-state index contributed by atoms with van der Waals surface area (Å²) in [5.74, 6) is 0.842. The Labute approximate surface area is 176 Å². The van der Waals surface area contributed by atoms with Gasteiger partial charge in [-0.1, -0.05) is 53.6 Å². The maximum absolute atomic E-state index is 13.3. The van der Waals surface area contributed by atoms with Gasteiger partial charge in [0.25, 0.3) is 0 Å². The summed E-state index contributed by atoms with van der Waals surface area (Å²) >= 11 is 3.37. The number of amides is 1. The van der Waals surface area contributed by atoms with Crippen molar-refractivity contribution in [3.05, 3.63) is 90.0 Å². The van der Waals surface area contributed by atoms with Gasteiger partial charge >= 0.3 is 0 Å². The predicted octanol–water partition coefficient (Wildman–Crippen LogP) is 6.22. The van der Waals surface area contributed by atoms with Gasteiger partial charge in [0, 0.05) is 28.3 Å². The first-order chi connectivity index (χ1) is 13.5. The van der Waals surface area contributed by atoms with Crippen LogP contribution in [0.2, 0.25) is 0 Å². The van der Waals surface area contributed by atoms with E-state index in [0.29, 0.717) is 0 Å². The fourth-order valence-corrected chi connectivity index (χ4v) is 4.91. The second kappa shape index (κ2) is 9.85. The van der Waals surface area contributed by atoms with Crippen LogP contribution in [0, 0.1) is 13.8 Å². The number of nitrogens with zero attached hydrogens (tertiary/aromatic N) is 1. The van der Waals surface area contributed by atoms with Gasteiger partial charge < -0.3 is 4.90 Å². The molecule has 3 aromatic carbocycles. The average molecular weight is 408 g/mol. The maximum Gasteiger partial charge on any atom is 0.241 e. The Bertz CT molecular complexity index is 892. The van der Waals surface area contributed by atoms with Crippen LogP contribution in [0.1, 0.15) is 11.1 Å². The molecule has 0 aromatic heterocycles. The van der Waals surface area contributed by atoms with Crippen LogP contribution in [-0.4, -0.2) is 24.0 Å². The van der Waals surface area contributed by atoms with Crippen LogP contribution in [0.5, 0.6) is 0 Å². The van der Waals surface area contributed by atoms with Gasteiger partial charge in [0.1, 0.15) is 0 Å². The molecule has 3 aromatic rings. The lowest BCUT2D eigenvalue weighted by atomic mass is 10.2. The minimum absolute atomic E-state index is 0.122. The van der Waals surface area contributed by atoms with Crippen LogP contribution in [0.15, 0.2) is 88.7 Å². The number of hydrogen-bond acceptors (Lipinski definition) is 3. The van der Waals surface area contributed by atoms with Gasteiger partial charge in [-0.3, -0.25) is 4.79 Å². The Morgan fingerprint density at radius 1 is 0.821 bits per heavy atom. The number of thioether (sulfide) groups is 2. The van der Waals surface area contributed by atoms with E-state index in [2.05, 4.69) is 62.4 Å². The van der Waals surface area contributed by atoms with Gasteiger partial charge in [-0.25, -0.2) is 0 Å². The van der Waals surface area contributed by atoms with E-state index in [4.69, 9.17) is 0 Å². The van der Waals surface area contributed by atoms with Crippen molar-refractivity contribution in [1.82, 2.24) is 0 Å². The van der Waals surface area contributed by atoms with Crippen LogP contribution < -0.4 is 4.90 Å². The Morgan fingerprint density at radius 2 is 1.36 bits per heavy atom. The molecule has 0 fully saturated rings. The molecule has 0 heterocycles. The Kier molecular flexibility index (Phi) is 7.24. The van der Waals surface area contributed by atoms with Crippen molar-refractivity contribution in [2.75, 3.05) is 17.7 Å². The van der Waals surface area contributed by atoms with Crippen molar-refractivity contribution < 1.29 is 4.79 Å². The molecule has 0 aliphatic carbocycles. The molecule has 0 spiro atoms. The molecule has 3 rings (SSSR count). The summed E-state index contributed by atoms with van der Waals surface area (Å²) in [5, 5.41) is -0.167. The lowest BCUT2D eigenvalue weighted by molar-refractivity contribution is -0.117. The Hall–Kier alpha value is -2.17. The smallest absolute Gasteiger partial charge is 0.241 e.